The number of non-ortho nitro benzene ring substituents is 1. The second kappa shape index (κ2) is 7.99. The third-order valence-corrected chi connectivity index (χ3v) is 4.18. The molecule has 174 valence electrons. The standard InChI is InChI=1S/C15H5ClF9N3O4/c16-11-7(13(17,18)19)1-5(2-8(11)14(20,21)22)26-12-9(15(23,24)25)3-6(27(29)30)4-10(12)28(31)32/h1-4,26H. The molecule has 0 spiro atoms. The summed E-state index contributed by atoms with van der Waals surface area (Å²) in [6.45, 7) is 0. The maximum atomic E-state index is 13.4. The smallest absolute Gasteiger partial charge is 0.349 e. The highest BCUT2D eigenvalue weighted by molar-refractivity contribution is 6.32. The van der Waals surface area contributed by atoms with Crippen molar-refractivity contribution in [3.8, 4) is 0 Å². The maximum Gasteiger partial charge on any atom is 0.418 e. The molecule has 0 atom stereocenters. The summed E-state index contributed by atoms with van der Waals surface area (Å²) in [6.07, 6.45) is -16.5. The SMILES string of the molecule is O=[N+]([O-])c1cc([N+](=O)[O-])c(Nc2cc(C(F)(F)F)c(Cl)c(C(F)(F)F)c2)c(C(F)(F)F)c1. The van der Waals surface area contributed by atoms with Crippen molar-refractivity contribution < 1.29 is 49.4 Å². The van der Waals surface area contributed by atoms with Crippen LogP contribution in [-0.4, -0.2) is 9.85 Å². The third-order valence-electron chi connectivity index (χ3n) is 3.77. The van der Waals surface area contributed by atoms with Crippen LogP contribution < -0.4 is 5.32 Å². The van der Waals surface area contributed by atoms with E-state index < -0.39 is 72.8 Å². The molecule has 0 aromatic heterocycles. The predicted molar refractivity (Wildman–Crippen MR) is 89.5 cm³/mol. The molecular weight excluding hydrogens is 493 g/mol. The summed E-state index contributed by atoms with van der Waals surface area (Å²) in [5.41, 5.74) is -12.2. The van der Waals surface area contributed by atoms with Gasteiger partial charge in [-0.25, -0.2) is 0 Å². The number of hydrogen-bond acceptors (Lipinski definition) is 5. The van der Waals surface area contributed by atoms with Crippen LogP contribution in [0.2, 0.25) is 5.02 Å². The van der Waals surface area contributed by atoms with Crippen molar-refractivity contribution in [3.05, 3.63) is 66.2 Å². The van der Waals surface area contributed by atoms with Crippen LogP contribution >= 0.6 is 11.6 Å². The summed E-state index contributed by atoms with van der Waals surface area (Å²) in [7, 11) is 0. The zero-order valence-electron chi connectivity index (χ0n) is 14.6. The Morgan fingerprint density at radius 1 is 0.719 bits per heavy atom. The molecule has 2 aromatic carbocycles. The van der Waals surface area contributed by atoms with Crippen molar-refractivity contribution in [2.45, 2.75) is 18.5 Å². The Bertz CT molecular complexity index is 1060. The van der Waals surface area contributed by atoms with Gasteiger partial charge in [-0.15, -0.1) is 0 Å². The van der Waals surface area contributed by atoms with Gasteiger partial charge in [0.15, 0.2) is 0 Å². The largest absolute Gasteiger partial charge is 0.418 e. The summed E-state index contributed by atoms with van der Waals surface area (Å²) in [5, 5.41) is 21.7. The molecule has 0 unspecified atom stereocenters. The number of halogens is 10. The maximum absolute atomic E-state index is 13.4. The molecule has 0 aliphatic heterocycles. The molecule has 0 bridgehead atoms. The Morgan fingerprint density at radius 2 is 1.16 bits per heavy atom. The van der Waals surface area contributed by atoms with Gasteiger partial charge in [0.05, 0.1) is 37.6 Å². The third kappa shape index (κ3) is 5.12. The van der Waals surface area contributed by atoms with E-state index in [1.165, 1.54) is 5.32 Å². The Labute approximate surface area is 174 Å². The molecule has 32 heavy (non-hydrogen) atoms. The topological polar surface area (TPSA) is 98.3 Å². The molecule has 0 aliphatic rings. The summed E-state index contributed by atoms with van der Waals surface area (Å²) in [4.78, 5) is 19.0. The number of nitrogens with one attached hydrogen (secondary N) is 1. The fourth-order valence-corrected chi connectivity index (χ4v) is 2.79. The van der Waals surface area contributed by atoms with Gasteiger partial charge in [-0.2, -0.15) is 39.5 Å². The first kappa shape index (κ1) is 25.0. The van der Waals surface area contributed by atoms with E-state index in [0.29, 0.717) is 0 Å². The van der Waals surface area contributed by atoms with Crippen LogP contribution in [0, 0.1) is 20.2 Å². The van der Waals surface area contributed by atoms with Crippen molar-refractivity contribution in [2.24, 2.45) is 0 Å². The molecule has 0 aliphatic carbocycles. The lowest BCUT2D eigenvalue weighted by atomic mass is 10.1. The van der Waals surface area contributed by atoms with Crippen LogP contribution in [0.3, 0.4) is 0 Å². The van der Waals surface area contributed by atoms with Gasteiger partial charge < -0.3 is 5.32 Å². The minimum atomic E-state index is -5.52. The van der Waals surface area contributed by atoms with Gasteiger partial charge in [0, 0.05) is 11.8 Å². The second-order valence-electron chi connectivity index (χ2n) is 5.91. The first-order valence-corrected chi connectivity index (χ1v) is 8.00. The number of rotatable bonds is 4. The molecule has 0 saturated carbocycles. The lowest BCUT2D eigenvalue weighted by Crippen LogP contribution is -2.15. The molecule has 0 radical (unpaired) electrons. The van der Waals surface area contributed by atoms with Gasteiger partial charge in [0.25, 0.3) is 11.4 Å². The summed E-state index contributed by atoms with van der Waals surface area (Å²) in [5.74, 6) is 0. The van der Waals surface area contributed by atoms with Crippen molar-refractivity contribution in [1.29, 1.82) is 0 Å². The number of nitro benzene ring substituents is 2. The van der Waals surface area contributed by atoms with E-state index in [1.54, 1.807) is 0 Å². The monoisotopic (exact) mass is 497 g/mol. The Morgan fingerprint density at radius 3 is 1.50 bits per heavy atom. The lowest BCUT2D eigenvalue weighted by molar-refractivity contribution is -0.394. The van der Waals surface area contributed by atoms with Gasteiger partial charge in [-0.3, -0.25) is 20.2 Å². The van der Waals surface area contributed by atoms with Crippen molar-refractivity contribution in [1.82, 2.24) is 0 Å². The number of alkyl halides is 9. The zero-order chi connectivity index (χ0) is 24.8. The van der Waals surface area contributed by atoms with Crippen LogP contribution in [0.5, 0.6) is 0 Å². The summed E-state index contributed by atoms with van der Waals surface area (Å²) in [6, 6.07) is -0.296. The fraction of sp³-hybridized carbons (Fsp3) is 0.200. The minimum absolute atomic E-state index is 0.0584. The van der Waals surface area contributed by atoms with Crippen LogP contribution in [0.25, 0.3) is 0 Å². The van der Waals surface area contributed by atoms with E-state index in [1.807, 2.05) is 0 Å². The molecular formula is C15H5ClF9N3O4. The summed E-state index contributed by atoms with van der Waals surface area (Å²) < 4.78 is 119. The minimum Gasteiger partial charge on any atom is -0.349 e. The first-order chi connectivity index (χ1) is 14.3. The highest BCUT2D eigenvalue weighted by Gasteiger charge is 2.43. The zero-order valence-corrected chi connectivity index (χ0v) is 15.4. The average molecular weight is 498 g/mol. The molecule has 2 rings (SSSR count). The van der Waals surface area contributed by atoms with Gasteiger partial charge >= 0.3 is 18.5 Å². The van der Waals surface area contributed by atoms with Crippen molar-refractivity contribution >= 4 is 34.4 Å². The van der Waals surface area contributed by atoms with Gasteiger partial charge in [0.1, 0.15) is 5.69 Å². The van der Waals surface area contributed by atoms with Crippen LogP contribution in [0.1, 0.15) is 16.7 Å². The molecule has 7 nitrogen and oxygen atoms in total. The van der Waals surface area contributed by atoms with Gasteiger partial charge in [0.2, 0.25) is 0 Å². The van der Waals surface area contributed by atoms with E-state index in [0.717, 1.165) is 0 Å². The van der Waals surface area contributed by atoms with E-state index >= 15 is 0 Å². The van der Waals surface area contributed by atoms with E-state index in [4.69, 9.17) is 11.6 Å². The lowest BCUT2D eigenvalue weighted by Gasteiger charge is -2.19. The molecule has 0 amide bonds. The molecule has 0 fully saturated rings. The van der Waals surface area contributed by atoms with Crippen LogP contribution in [-0.2, 0) is 18.5 Å². The number of nitro groups is 2. The van der Waals surface area contributed by atoms with Gasteiger partial charge in [-0.05, 0) is 12.1 Å². The first-order valence-electron chi connectivity index (χ1n) is 7.63. The van der Waals surface area contributed by atoms with Crippen LogP contribution in [0.4, 0.5) is 62.3 Å². The molecule has 0 heterocycles. The van der Waals surface area contributed by atoms with Crippen molar-refractivity contribution in [2.75, 3.05) is 5.32 Å². The Balaban J connectivity index is 2.87. The molecule has 2 aromatic rings. The van der Waals surface area contributed by atoms with E-state index in [9.17, 15) is 59.7 Å². The fourth-order valence-electron chi connectivity index (χ4n) is 2.47. The summed E-state index contributed by atoms with van der Waals surface area (Å²) >= 11 is 5.16. The highest BCUT2D eigenvalue weighted by atomic mass is 35.5. The number of hydrogen-bond donors (Lipinski definition) is 1. The number of benzene rings is 2. The highest BCUT2D eigenvalue weighted by Crippen LogP contribution is 2.47. The van der Waals surface area contributed by atoms with Crippen molar-refractivity contribution in [3.63, 3.8) is 0 Å². The quantitative estimate of drug-likeness (QED) is 0.280. The number of anilines is 2. The Hall–Kier alpha value is -3.30. The van der Waals surface area contributed by atoms with E-state index in [-0.39, 0.29) is 24.3 Å². The van der Waals surface area contributed by atoms with Crippen LogP contribution in [0.15, 0.2) is 24.3 Å². The molecule has 1 N–H and O–H groups in total. The molecule has 17 heteroatoms. The van der Waals surface area contributed by atoms with E-state index in [2.05, 4.69) is 0 Å². The number of nitrogens with zero attached hydrogens (tertiary/aromatic N) is 2. The average Bonchev–Trinajstić information content (AvgIpc) is 2.59. The normalized spacial score (nSPS) is 12.6. The molecule has 0 saturated heterocycles. The van der Waals surface area contributed by atoms with Gasteiger partial charge in [-0.1, -0.05) is 11.6 Å². The predicted octanol–water partition coefficient (Wildman–Crippen LogP) is 6.96. The Kier molecular flexibility index (Phi) is 6.24. The second-order valence-corrected chi connectivity index (χ2v) is 6.28.